The van der Waals surface area contributed by atoms with E-state index in [1.807, 2.05) is 6.07 Å². The molecule has 0 spiro atoms. The van der Waals surface area contributed by atoms with Crippen molar-refractivity contribution in [1.29, 1.82) is 0 Å². The van der Waals surface area contributed by atoms with Crippen LogP contribution in [0.15, 0.2) is 18.2 Å². The van der Waals surface area contributed by atoms with Gasteiger partial charge in [-0.1, -0.05) is 17.7 Å². The number of aromatic carboxylic acids is 1. The molecule has 4 heteroatoms. The van der Waals surface area contributed by atoms with Crippen LogP contribution in [0, 0.1) is 0 Å². The molecule has 0 bridgehead atoms. The summed E-state index contributed by atoms with van der Waals surface area (Å²) in [6, 6.07) is 5.07. The van der Waals surface area contributed by atoms with Crippen LogP contribution in [-0.4, -0.2) is 24.8 Å². The summed E-state index contributed by atoms with van der Waals surface area (Å²) in [7, 11) is 1.64. The molecule has 1 rings (SSSR count). The van der Waals surface area contributed by atoms with Crippen LogP contribution in [0.5, 0.6) is 0 Å². The van der Waals surface area contributed by atoms with Gasteiger partial charge in [-0.3, -0.25) is 0 Å². The number of hydrogen-bond donors (Lipinski definition) is 1. The van der Waals surface area contributed by atoms with Crippen molar-refractivity contribution in [2.24, 2.45) is 0 Å². The van der Waals surface area contributed by atoms with Gasteiger partial charge in [0.1, 0.15) is 0 Å². The van der Waals surface area contributed by atoms with E-state index >= 15 is 0 Å². The van der Waals surface area contributed by atoms with Gasteiger partial charge in [-0.25, -0.2) is 4.79 Å². The lowest BCUT2D eigenvalue weighted by Gasteiger charge is -2.04. The molecule has 0 unspecified atom stereocenters. The molecule has 0 aliphatic carbocycles. The van der Waals surface area contributed by atoms with Crippen LogP contribution in [-0.2, 0) is 11.2 Å². The molecule has 82 valence electrons. The van der Waals surface area contributed by atoms with Crippen molar-refractivity contribution in [2.45, 2.75) is 12.8 Å². The highest BCUT2D eigenvalue weighted by atomic mass is 35.5. The lowest BCUT2D eigenvalue weighted by Crippen LogP contribution is -2.00. The third-order valence-electron chi connectivity index (χ3n) is 2.08. The SMILES string of the molecule is COCCCc1ccc(Cl)c(C(=O)O)c1. The van der Waals surface area contributed by atoms with Crippen LogP contribution < -0.4 is 0 Å². The first-order chi connectivity index (χ1) is 7.15. The molecule has 0 aromatic heterocycles. The molecule has 0 heterocycles. The summed E-state index contributed by atoms with van der Waals surface area (Å²) < 4.78 is 4.92. The second kappa shape index (κ2) is 5.73. The number of carbonyl (C=O) groups is 1. The molecule has 3 nitrogen and oxygen atoms in total. The normalized spacial score (nSPS) is 10.3. The van der Waals surface area contributed by atoms with Gasteiger partial charge < -0.3 is 9.84 Å². The van der Waals surface area contributed by atoms with Crippen molar-refractivity contribution in [1.82, 2.24) is 0 Å². The van der Waals surface area contributed by atoms with E-state index in [9.17, 15) is 4.79 Å². The van der Waals surface area contributed by atoms with Crippen LogP contribution >= 0.6 is 11.6 Å². The van der Waals surface area contributed by atoms with Gasteiger partial charge in [-0.05, 0) is 30.5 Å². The van der Waals surface area contributed by atoms with Crippen LogP contribution in [0.1, 0.15) is 22.3 Å². The van der Waals surface area contributed by atoms with Gasteiger partial charge in [0.05, 0.1) is 10.6 Å². The summed E-state index contributed by atoms with van der Waals surface area (Å²) in [4.78, 5) is 10.8. The van der Waals surface area contributed by atoms with Crippen molar-refractivity contribution >= 4 is 17.6 Å². The smallest absolute Gasteiger partial charge is 0.337 e. The highest BCUT2D eigenvalue weighted by Gasteiger charge is 2.08. The van der Waals surface area contributed by atoms with Crippen molar-refractivity contribution in [3.8, 4) is 0 Å². The zero-order valence-corrected chi connectivity index (χ0v) is 9.25. The van der Waals surface area contributed by atoms with E-state index in [0.29, 0.717) is 6.61 Å². The van der Waals surface area contributed by atoms with E-state index in [1.165, 1.54) is 0 Å². The number of ether oxygens (including phenoxy) is 1. The maximum Gasteiger partial charge on any atom is 0.337 e. The largest absolute Gasteiger partial charge is 0.478 e. The Balaban J connectivity index is 2.74. The molecule has 1 N–H and O–H groups in total. The lowest BCUT2D eigenvalue weighted by molar-refractivity contribution is 0.0697. The fourth-order valence-electron chi connectivity index (χ4n) is 1.31. The summed E-state index contributed by atoms with van der Waals surface area (Å²) >= 11 is 5.75. The Kier molecular flexibility index (Phi) is 4.59. The molecule has 1 aromatic carbocycles. The van der Waals surface area contributed by atoms with E-state index in [-0.39, 0.29) is 10.6 Å². The average molecular weight is 229 g/mol. The number of methoxy groups -OCH3 is 1. The van der Waals surface area contributed by atoms with Crippen molar-refractivity contribution in [3.63, 3.8) is 0 Å². The molecule has 1 aromatic rings. The highest BCUT2D eigenvalue weighted by Crippen LogP contribution is 2.18. The Morgan fingerprint density at radius 2 is 2.27 bits per heavy atom. The van der Waals surface area contributed by atoms with Crippen LogP contribution in [0.25, 0.3) is 0 Å². The first-order valence-corrected chi connectivity index (χ1v) is 5.03. The number of carboxylic acid groups (broad SMARTS) is 1. The second-order valence-corrected chi connectivity index (χ2v) is 3.62. The topological polar surface area (TPSA) is 46.5 Å². The first-order valence-electron chi connectivity index (χ1n) is 4.66. The van der Waals surface area contributed by atoms with Gasteiger partial charge in [0.25, 0.3) is 0 Å². The van der Waals surface area contributed by atoms with E-state index in [2.05, 4.69) is 0 Å². The summed E-state index contributed by atoms with van der Waals surface area (Å²) in [5, 5.41) is 9.13. The van der Waals surface area contributed by atoms with Gasteiger partial charge in [-0.2, -0.15) is 0 Å². The quantitative estimate of drug-likeness (QED) is 0.788. The third kappa shape index (κ3) is 3.53. The van der Waals surface area contributed by atoms with E-state index in [4.69, 9.17) is 21.4 Å². The standard InChI is InChI=1S/C11H13ClO3/c1-15-6-2-3-8-4-5-10(12)9(7-8)11(13)14/h4-5,7H,2-3,6H2,1H3,(H,13,14). The molecule has 0 aliphatic rings. The second-order valence-electron chi connectivity index (χ2n) is 3.22. The molecule has 0 aliphatic heterocycles. The predicted molar refractivity (Wildman–Crippen MR) is 58.6 cm³/mol. The Labute approximate surface area is 93.6 Å². The number of hydrogen-bond acceptors (Lipinski definition) is 2. The van der Waals surface area contributed by atoms with Gasteiger partial charge >= 0.3 is 5.97 Å². The number of carboxylic acids is 1. The first kappa shape index (κ1) is 12.0. The Hall–Kier alpha value is -1.06. The molecular weight excluding hydrogens is 216 g/mol. The molecule has 0 amide bonds. The summed E-state index contributed by atoms with van der Waals surface area (Å²) in [6.45, 7) is 0.672. The molecule has 0 fully saturated rings. The number of aryl methyl sites for hydroxylation is 1. The zero-order valence-electron chi connectivity index (χ0n) is 8.50. The predicted octanol–water partition coefficient (Wildman–Crippen LogP) is 2.62. The Morgan fingerprint density at radius 1 is 1.53 bits per heavy atom. The average Bonchev–Trinajstić information content (AvgIpc) is 2.20. The maximum absolute atomic E-state index is 10.8. The summed E-state index contributed by atoms with van der Waals surface area (Å²) in [6.07, 6.45) is 1.67. The number of halogens is 1. The van der Waals surface area contributed by atoms with Crippen molar-refractivity contribution in [3.05, 3.63) is 34.3 Å². The van der Waals surface area contributed by atoms with Crippen LogP contribution in [0.4, 0.5) is 0 Å². The highest BCUT2D eigenvalue weighted by molar-refractivity contribution is 6.33. The molecule has 15 heavy (non-hydrogen) atoms. The molecular formula is C11H13ClO3. The Bertz CT molecular complexity index is 350. The van der Waals surface area contributed by atoms with Gasteiger partial charge in [0, 0.05) is 13.7 Å². The summed E-state index contributed by atoms with van der Waals surface area (Å²) in [5.41, 5.74) is 1.13. The minimum atomic E-state index is -0.992. The van der Waals surface area contributed by atoms with E-state index < -0.39 is 5.97 Å². The summed E-state index contributed by atoms with van der Waals surface area (Å²) in [5.74, 6) is -0.992. The maximum atomic E-state index is 10.8. The van der Waals surface area contributed by atoms with E-state index in [1.54, 1.807) is 19.2 Å². The van der Waals surface area contributed by atoms with Crippen molar-refractivity contribution in [2.75, 3.05) is 13.7 Å². The Morgan fingerprint density at radius 3 is 2.87 bits per heavy atom. The monoisotopic (exact) mass is 228 g/mol. The fourth-order valence-corrected chi connectivity index (χ4v) is 1.51. The van der Waals surface area contributed by atoms with Crippen LogP contribution in [0.3, 0.4) is 0 Å². The third-order valence-corrected chi connectivity index (χ3v) is 2.40. The molecule has 0 saturated carbocycles. The molecule has 0 atom stereocenters. The van der Waals surface area contributed by atoms with Gasteiger partial charge in [-0.15, -0.1) is 0 Å². The molecule has 0 radical (unpaired) electrons. The number of benzene rings is 1. The molecule has 0 saturated heterocycles. The van der Waals surface area contributed by atoms with Crippen molar-refractivity contribution < 1.29 is 14.6 Å². The van der Waals surface area contributed by atoms with E-state index in [0.717, 1.165) is 18.4 Å². The minimum absolute atomic E-state index is 0.159. The number of rotatable bonds is 5. The zero-order chi connectivity index (χ0) is 11.3. The lowest BCUT2D eigenvalue weighted by atomic mass is 10.1. The van der Waals surface area contributed by atoms with Crippen LogP contribution in [0.2, 0.25) is 5.02 Å². The van der Waals surface area contributed by atoms with Gasteiger partial charge in [0.2, 0.25) is 0 Å². The van der Waals surface area contributed by atoms with Gasteiger partial charge in [0.15, 0.2) is 0 Å². The minimum Gasteiger partial charge on any atom is -0.478 e. The fraction of sp³-hybridized carbons (Fsp3) is 0.364.